The highest BCUT2D eigenvalue weighted by Crippen LogP contribution is 2.41. The quantitative estimate of drug-likeness (QED) is 0.141. The summed E-state index contributed by atoms with van der Waals surface area (Å²) in [5.74, 6) is -3.58. The lowest BCUT2D eigenvalue weighted by molar-refractivity contribution is -0.202. The molecule has 0 aliphatic carbocycles. The summed E-state index contributed by atoms with van der Waals surface area (Å²) in [5, 5.41) is 14.0. The van der Waals surface area contributed by atoms with E-state index in [1.54, 1.807) is 23.9 Å². The molecule has 0 aromatic heterocycles. The fraction of sp³-hybridized carbons (Fsp3) is 0.517. The Bertz CT molecular complexity index is 1050. The molecule has 208 valence electrons. The summed E-state index contributed by atoms with van der Waals surface area (Å²) in [5.41, 5.74) is 1.79. The van der Waals surface area contributed by atoms with E-state index in [4.69, 9.17) is 18.9 Å². The van der Waals surface area contributed by atoms with Crippen LogP contribution in [0.5, 0.6) is 11.5 Å². The van der Waals surface area contributed by atoms with Crippen LogP contribution in [0.2, 0.25) is 0 Å². The first-order chi connectivity index (χ1) is 18.3. The molecule has 0 fully saturated rings. The number of benzene rings is 2. The van der Waals surface area contributed by atoms with Crippen molar-refractivity contribution in [2.75, 3.05) is 26.0 Å². The number of aliphatic hydroxyl groups is 1. The van der Waals surface area contributed by atoms with Crippen molar-refractivity contribution in [3.05, 3.63) is 53.6 Å². The standard InChI is InChI=1S/C29H39NO7S/c1-5-7-14-34-27(32)29(28(33)35-15-8-6-2)36-25-13-12-21(17-26(25)37-29)16-20(3)30-19-24(31)22-10-9-11-23(18-22)38-4/h9-13,17-18,20,24,30-31H,5-8,14-16,19H2,1-4H3. The molecule has 1 heterocycles. The van der Waals surface area contributed by atoms with Crippen LogP contribution in [-0.2, 0) is 25.5 Å². The second-order valence-electron chi connectivity index (χ2n) is 9.39. The van der Waals surface area contributed by atoms with Crippen molar-refractivity contribution in [2.24, 2.45) is 0 Å². The van der Waals surface area contributed by atoms with Gasteiger partial charge in [0.05, 0.1) is 19.3 Å². The first kappa shape index (κ1) is 29.8. The number of fused-ring (bicyclic) bond motifs is 1. The van der Waals surface area contributed by atoms with Gasteiger partial charge in [0, 0.05) is 17.5 Å². The van der Waals surface area contributed by atoms with Crippen LogP contribution < -0.4 is 14.8 Å². The minimum absolute atomic E-state index is 0.0385. The van der Waals surface area contributed by atoms with Crippen molar-refractivity contribution >= 4 is 23.7 Å². The Morgan fingerprint density at radius 2 is 1.66 bits per heavy atom. The van der Waals surface area contributed by atoms with Gasteiger partial charge in [0.25, 0.3) is 0 Å². The zero-order valence-electron chi connectivity index (χ0n) is 22.7. The molecule has 1 aliphatic heterocycles. The number of rotatable bonds is 15. The Balaban J connectivity index is 1.65. The van der Waals surface area contributed by atoms with E-state index in [9.17, 15) is 14.7 Å². The lowest BCUT2D eigenvalue weighted by atomic mass is 10.1. The van der Waals surface area contributed by atoms with Crippen molar-refractivity contribution < 1.29 is 33.6 Å². The fourth-order valence-electron chi connectivity index (χ4n) is 3.94. The Morgan fingerprint density at radius 3 is 2.29 bits per heavy atom. The van der Waals surface area contributed by atoms with Crippen molar-refractivity contribution in [3.63, 3.8) is 0 Å². The van der Waals surface area contributed by atoms with Gasteiger partial charge < -0.3 is 29.4 Å². The minimum Gasteiger partial charge on any atom is -0.459 e. The number of nitrogens with one attached hydrogen (secondary N) is 1. The highest BCUT2D eigenvalue weighted by molar-refractivity contribution is 7.98. The number of ether oxygens (including phenoxy) is 4. The molecule has 0 radical (unpaired) electrons. The average molecular weight is 546 g/mol. The Morgan fingerprint density at radius 1 is 1.00 bits per heavy atom. The molecule has 2 N–H and O–H groups in total. The number of carbonyl (C=O) groups is 2. The van der Waals surface area contributed by atoms with Crippen molar-refractivity contribution in [1.82, 2.24) is 5.32 Å². The molecule has 2 unspecified atom stereocenters. The van der Waals surface area contributed by atoms with Crippen LogP contribution in [-0.4, -0.2) is 54.9 Å². The Kier molecular flexibility index (Phi) is 11.3. The zero-order chi connectivity index (χ0) is 27.5. The number of esters is 2. The molecule has 2 atom stereocenters. The lowest BCUT2D eigenvalue weighted by Crippen LogP contribution is -2.56. The molecule has 0 bridgehead atoms. The molecule has 9 heteroatoms. The normalized spacial score (nSPS) is 15.1. The Hall–Kier alpha value is -2.75. The predicted molar refractivity (Wildman–Crippen MR) is 147 cm³/mol. The van der Waals surface area contributed by atoms with Gasteiger partial charge in [-0.05, 0) is 67.8 Å². The van der Waals surface area contributed by atoms with E-state index in [0.717, 1.165) is 28.9 Å². The third-order valence-corrected chi connectivity index (χ3v) is 6.92. The summed E-state index contributed by atoms with van der Waals surface area (Å²) in [6, 6.07) is 13.2. The molecule has 8 nitrogen and oxygen atoms in total. The monoisotopic (exact) mass is 545 g/mol. The molecule has 0 spiro atoms. The van der Waals surface area contributed by atoms with E-state index in [2.05, 4.69) is 5.32 Å². The van der Waals surface area contributed by atoms with E-state index in [1.807, 2.05) is 57.4 Å². The van der Waals surface area contributed by atoms with E-state index < -0.39 is 23.8 Å². The molecule has 0 saturated heterocycles. The molecular formula is C29H39NO7S. The number of hydrogen-bond donors (Lipinski definition) is 2. The Labute approximate surface area is 229 Å². The van der Waals surface area contributed by atoms with Crippen molar-refractivity contribution in [2.45, 2.75) is 75.7 Å². The number of carbonyl (C=O) groups excluding carboxylic acids is 2. The van der Waals surface area contributed by atoms with E-state index in [0.29, 0.717) is 25.8 Å². The summed E-state index contributed by atoms with van der Waals surface area (Å²) in [6.07, 6.45) is 4.99. The first-order valence-corrected chi connectivity index (χ1v) is 14.5. The maximum absolute atomic E-state index is 12.9. The van der Waals surface area contributed by atoms with Gasteiger partial charge in [0.1, 0.15) is 0 Å². The van der Waals surface area contributed by atoms with Gasteiger partial charge in [-0.25, -0.2) is 9.59 Å². The maximum atomic E-state index is 12.9. The summed E-state index contributed by atoms with van der Waals surface area (Å²) in [7, 11) is 0. The zero-order valence-corrected chi connectivity index (χ0v) is 23.5. The van der Waals surface area contributed by atoms with Crippen LogP contribution in [0.4, 0.5) is 0 Å². The van der Waals surface area contributed by atoms with Crippen molar-refractivity contribution in [1.29, 1.82) is 0 Å². The molecule has 38 heavy (non-hydrogen) atoms. The molecule has 1 aliphatic rings. The predicted octanol–water partition coefficient (Wildman–Crippen LogP) is 4.82. The fourth-order valence-corrected chi connectivity index (χ4v) is 4.41. The summed E-state index contributed by atoms with van der Waals surface area (Å²) < 4.78 is 22.2. The summed E-state index contributed by atoms with van der Waals surface area (Å²) in [6.45, 7) is 6.69. The van der Waals surface area contributed by atoms with Gasteiger partial charge in [0.2, 0.25) is 0 Å². The van der Waals surface area contributed by atoms with Crippen LogP contribution in [0, 0.1) is 0 Å². The van der Waals surface area contributed by atoms with Crippen molar-refractivity contribution in [3.8, 4) is 11.5 Å². The number of unbranched alkanes of at least 4 members (excludes halogenated alkanes) is 2. The molecule has 0 amide bonds. The van der Waals surface area contributed by atoms with Crippen LogP contribution in [0.1, 0.15) is 63.7 Å². The topological polar surface area (TPSA) is 103 Å². The molecular weight excluding hydrogens is 506 g/mol. The van der Waals surface area contributed by atoms with Gasteiger partial charge in [-0.15, -0.1) is 11.8 Å². The van der Waals surface area contributed by atoms with Gasteiger partial charge in [-0.1, -0.05) is 44.9 Å². The summed E-state index contributed by atoms with van der Waals surface area (Å²) >= 11 is 1.64. The van der Waals surface area contributed by atoms with Gasteiger partial charge in [-0.2, -0.15) is 0 Å². The highest BCUT2D eigenvalue weighted by atomic mass is 32.2. The van der Waals surface area contributed by atoms with Gasteiger partial charge in [0.15, 0.2) is 11.5 Å². The van der Waals surface area contributed by atoms with Crippen LogP contribution in [0.25, 0.3) is 0 Å². The second kappa shape index (κ2) is 14.4. The van der Waals surface area contributed by atoms with Crippen LogP contribution in [0.15, 0.2) is 47.4 Å². The molecule has 3 rings (SSSR count). The lowest BCUT2D eigenvalue weighted by Gasteiger charge is -2.23. The van der Waals surface area contributed by atoms with Gasteiger partial charge >= 0.3 is 17.7 Å². The first-order valence-electron chi connectivity index (χ1n) is 13.2. The van der Waals surface area contributed by atoms with E-state index in [1.165, 1.54) is 0 Å². The summed E-state index contributed by atoms with van der Waals surface area (Å²) in [4.78, 5) is 27.0. The number of hydrogen-bond acceptors (Lipinski definition) is 9. The third kappa shape index (κ3) is 7.65. The van der Waals surface area contributed by atoms with E-state index in [-0.39, 0.29) is 30.8 Å². The smallest absolute Gasteiger partial charge is 0.453 e. The number of aliphatic hydroxyl groups excluding tert-OH is 1. The minimum atomic E-state index is -2.30. The SMILES string of the molecule is CCCCOC(=O)C1(C(=O)OCCCC)Oc2ccc(CC(C)NCC(O)c3cccc(SC)c3)cc2O1. The average Bonchev–Trinajstić information content (AvgIpc) is 3.32. The molecule has 2 aromatic carbocycles. The molecule has 0 saturated carbocycles. The number of thioether (sulfide) groups is 1. The maximum Gasteiger partial charge on any atom is 0.453 e. The second-order valence-corrected chi connectivity index (χ2v) is 10.3. The molecule has 2 aromatic rings. The third-order valence-electron chi connectivity index (χ3n) is 6.20. The van der Waals surface area contributed by atoms with Crippen LogP contribution >= 0.6 is 11.8 Å². The van der Waals surface area contributed by atoms with Crippen LogP contribution in [0.3, 0.4) is 0 Å². The highest BCUT2D eigenvalue weighted by Gasteiger charge is 2.59. The van der Waals surface area contributed by atoms with E-state index >= 15 is 0 Å². The largest absolute Gasteiger partial charge is 0.459 e. The van der Waals surface area contributed by atoms with Gasteiger partial charge in [-0.3, -0.25) is 0 Å².